The smallest absolute Gasteiger partial charge is 0.305 e. The second kappa shape index (κ2) is 16.6. The molecule has 0 aliphatic carbocycles. The van der Waals surface area contributed by atoms with Gasteiger partial charge < -0.3 is 110 Å². The Morgan fingerprint density at radius 3 is 1.68 bits per heavy atom. The van der Waals surface area contributed by atoms with Gasteiger partial charge in [-0.05, 0) is 53.6 Å². The summed E-state index contributed by atoms with van der Waals surface area (Å²) in [4.78, 5) is 0. The van der Waals surface area contributed by atoms with E-state index in [4.69, 9.17) is 28.4 Å². The van der Waals surface area contributed by atoms with Crippen molar-refractivity contribution < 1.29 is 110 Å². The van der Waals surface area contributed by atoms with Crippen molar-refractivity contribution in [1.29, 1.82) is 0 Å². The summed E-state index contributed by atoms with van der Waals surface area (Å²) in [6.07, 6.45) is -15.8. The van der Waals surface area contributed by atoms with E-state index in [1.54, 1.807) is 0 Å². The van der Waals surface area contributed by atoms with E-state index in [1.165, 1.54) is 18.2 Å². The Balaban J connectivity index is 1.20. The fourth-order valence-electron chi connectivity index (χ4n) is 10.5. The van der Waals surface area contributed by atoms with Gasteiger partial charge in [-0.1, -0.05) is 12.1 Å². The number of fused-ring (bicyclic) bond motifs is 9. The highest BCUT2D eigenvalue weighted by Gasteiger charge is 2.63. The van der Waals surface area contributed by atoms with Crippen LogP contribution in [0.3, 0.4) is 0 Å². The summed E-state index contributed by atoms with van der Waals surface area (Å²) < 4.78 is 38.7. The fraction of sp³-hybridized carbons (Fsp3) is 0.280. The van der Waals surface area contributed by atoms with Crippen LogP contribution in [0, 0.1) is 0 Å². The zero-order chi connectivity index (χ0) is 51.0. The number of aliphatic hydroxyl groups excluding tert-OH is 5. The van der Waals surface area contributed by atoms with Crippen molar-refractivity contribution in [3.8, 4) is 86.2 Å². The topological polar surface area (TPSA) is 379 Å². The summed E-state index contributed by atoms with van der Waals surface area (Å²) in [5.74, 6) is -13.8. The van der Waals surface area contributed by atoms with Gasteiger partial charge in [-0.2, -0.15) is 0 Å². The fourth-order valence-corrected chi connectivity index (χ4v) is 10.5. The highest BCUT2D eigenvalue weighted by molar-refractivity contribution is 5.72. The highest BCUT2D eigenvalue weighted by atomic mass is 16.8. The van der Waals surface area contributed by atoms with E-state index in [0.29, 0.717) is 0 Å². The van der Waals surface area contributed by atoms with Crippen molar-refractivity contribution in [3.63, 3.8) is 0 Å². The van der Waals surface area contributed by atoms with E-state index in [2.05, 4.69) is 0 Å². The third-order valence-corrected chi connectivity index (χ3v) is 13.9. The molecule has 12 atom stereocenters. The highest BCUT2D eigenvalue weighted by Crippen LogP contribution is 2.66. The minimum atomic E-state index is -2.45. The second-order valence-corrected chi connectivity index (χ2v) is 18.2. The molecule has 0 amide bonds. The van der Waals surface area contributed by atoms with Gasteiger partial charge in [-0.15, -0.1) is 0 Å². The van der Waals surface area contributed by atoms with E-state index in [9.17, 15) is 81.7 Å². The van der Waals surface area contributed by atoms with Gasteiger partial charge in [0.05, 0.1) is 24.5 Å². The van der Waals surface area contributed by atoms with Gasteiger partial charge in [0.1, 0.15) is 82.3 Å². The van der Waals surface area contributed by atoms with E-state index in [1.807, 2.05) is 0 Å². The van der Waals surface area contributed by atoms with Gasteiger partial charge in [0, 0.05) is 64.1 Å². The Labute approximate surface area is 404 Å². The predicted molar refractivity (Wildman–Crippen MR) is 239 cm³/mol. The number of hydrogen-bond acceptors (Lipinski definition) is 22. The molecule has 1 unspecified atom stereocenters. The Kier molecular flexibility index (Phi) is 10.7. The molecule has 72 heavy (non-hydrogen) atoms. The molecule has 5 aliphatic rings. The molecule has 0 aromatic heterocycles. The van der Waals surface area contributed by atoms with Crippen molar-refractivity contribution in [1.82, 2.24) is 0 Å². The molecule has 5 heterocycles. The van der Waals surface area contributed by atoms with Gasteiger partial charge in [0.25, 0.3) is 0 Å². The molecule has 6 aromatic rings. The maximum atomic E-state index is 12.8. The van der Waals surface area contributed by atoms with Crippen LogP contribution in [0.2, 0.25) is 0 Å². The first-order valence-electron chi connectivity index (χ1n) is 22.2. The summed E-state index contributed by atoms with van der Waals surface area (Å²) in [6, 6.07) is 14.5. The van der Waals surface area contributed by atoms with Gasteiger partial charge in [-0.3, -0.25) is 0 Å². The van der Waals surface area contributed by atoms with Gasteiger partial charge in [0.15, 0.2) is 53.0 Å². The standard InChI is InChI=1S/C50H44O22/c51-19-10-28(59)35-33(11-19)71-50(18-3-6-23(54)27(58)9-18)48(70-49-43(66)41(64)32(63)15-67-49)40(35)38-34(72-50)14-30(61)37-39(42(65)45(69-47(37)38)17-2-5-22(53)26(57)8-17)36-29(60)13-24(55)20-12-31(62)44(68-46(20)36)16-1-4-21(52)25(56)7-16/h1-11,13-14,31-32,39-45,48-49,51-66H,12,15H2/t31-,32-,39?,40-,41+,42-,43-,44-,45-,48-,49-,50+/m1/s1. The number of rotatable bonds is 6. The van der Waals surface area contributed by atoms with E-state index in [-0.39, 0.29) is 73.9 Å². The number of benzene rings is 6. The maximum Gasteiger partial charge on any atom is 0.305 e. The number of aliphatic hydroxyl groups is 5. The summed E-state index contributed by atoms with van der Waals surface area (Å²) in [5.41, 5.74) is -1.05. The SMILES string of the molecule is Oc1cc(O)c2c(c1)O[C@@]1(c3ccc(O)c(O)c3)Oc3cc(O)c4c(c3[C@@H]2[C@H]1O[C@H]1OC[C@@H](O)[C@H](O)[C@H]1O)O[C@H](c1ccc(O)c(O)c1)[C@H](O)C4c1c(O)cc(O)c2c1O[C@H](c1ccc(O)c(O)c1)[C@H](O)C2. The molecule has 376 valence electrons. The lowest BCUT2D eigenvalue weighted by Gasteiger charge is -2.53. The largest absolute Gasteiger partial charge is 0.508 e. The summed E-state index contributed by atoms with van der Waals surface area (Å²) >= 11 is 0. The normalized spacial score (nSPS) is 28.9. The monoisotopic (exact) mass is 996 g/mol. The molecule has 22 nitrogen and oxygen atoms in total. The molecule has 16 N–H and O–H groups in total. The van der Waals surface area contributed by atoms with Crippen LogP contribution in [0.4, 0.5) is 0 Å². The minimum absolute atomic E-state index is 0.0173. The summed E-state index contributed by atoms with van der Waals surface area (Å²) in [7, 11) is 0. The van der Waals surface area contributed by atoms with Crippen molar-refractivity contribution in [2.24, 2.45) is 0 Å². The number of hydrogen-bond donors (Lipinski definition) is 16. The van der Waals surface area contributed by atoms with Gasteiger partial charge in [-0.25, -0.2) is 0 Å². The zero-order valence-corrected chi connectivity index (χ0v) is 36.9. The summed E-state index contributed by atoms with van der Waals surface area (Å²) in [6.45, 7) is -0.567. The first-order chi connectivity index (χ1) is 34.3. The van der Waals surface area contributed by atoms with Crippen LogP contribution < -0.4 is 18.9 Å². The van der Waals surface area contributed by atoms with Crippen LogP contribution in [-0.4, -0.2) is 131 Å². The van der Waals surface area contributed by atoms with E-state index in [0.717, 1.165) is 60.7 Å². The molecular formula is C50H44O22. The first-order valence-corrected chi connectivity index (χ1v) is 22.2. The van der Waals surface area contributed by atoms with Gasteiger partial charge in [0.2, 0.25) is 0 Å². The number of phenols is 11. The van der Waals surface area contributed by atoms with Gasteiger partial charge >= 0.3 is 5.79 Å². The van der Waals surface area contributed by atoms with E-state index >= 15 is 0 Å². The quantitative estimate of drug-likeness (QED) is 0.107. The molecule has 0 spiro atoms. The average molecular weight is 997 g/mol. The molecule has 0 saturated carbocycles. The van der Waals surface area contributed by atoms with Crippen LogP contribution in [0.15, 0.2) is 78.9 Å². The lowest BCUT2D eigenvalue weighted by Crippen LogP contribution is -2.62. The molecule has 1 fully saturated rings. The predicted octanol–water partition coefficient (Wildman–Crippen LogP) is 2.71. The lowest BCUT2D eigenvalue weighted by molar-refractivity contribution is -0.327. The van der Waals surface area contributed by atoms with Crippen LogP contribution in [-0.2, 0) is 21.7 Å². The third-order valence-electron chi connectivity index (χ3n) is 13.9. The van der Waals surface area contributed by atoms with Crippen LogP contribution in [0.1, 0.15) is 68.6 Å². The maximum absolute atomic E-state index is 12.8. The van der Waals surface area contributed by atoms with E-state index < -0.39 is 143 Å². The molecule has 6 aromatic carbocycles. The average Bonchev–Trinajstić information content (AvgIpc) is 3.32. The molecule has 5 aliphatic heterocycles. The van der Waals surface area contributed by atoms with Crippen LogP contribution in [0.25, 0.3) is 0 Å². The Hall–Kier alpha value is -7.96. The molecule has 22 heteroatoms. The molecular weight excluding hydrogens is 953 g/mol. The third kappa shape index (κ3) is 6.98. The Morgan fingerprint density at radius 2 is 1.03 bits per heavy atom. The van der Waals surface area contributed by atoms with Crippen LogP contribution in [0.5, 0.6) is 86.2 Å². The molecule has 1 saturated heterocycles. The zero-order valence-electron chi connectivity index (χ0n) is 36.9. The van der Waals surface area contributed by atoms with Crippen LogP contribution >= 0.6 is 0 Å². The summed E-state index contributed by atoms with van der Waals surface area (Å²) in [5, 5.41) is 178. The molecule has 2 bridgehead atoms. The van der Waals surface area contributed by atoms with Crippen molar-refractivity contribution in [2.45, 2.75) is 79.2 Å². The first kappa shape index (κ1) is 46.4. The Bertz CT molecular complexity index is 3200. The second-order valence-electron chi connectivity index (χ2n) is 18.2. The van der Waals surface area contributed by atoms with Crippen molar-refractivity contribution in [2.75, 3.05) is 6.61 Å². The molecule has 0 radical (unpaired) electrons. The number of phenolic OH excluding ortho intramolecular Hbond substituents is 11. The lowest BCUT2D eigenvalue weighted by atomic mass is 9.71. The Morgan fingerprint density at radius 1 is 0.458 bits per heavy atom. The van der Waals surface area contributed by atoms with Crippen molar-refractivity contribution in [3.05, 3.63) is 123 Å². The van der Waals surface area contributed by atoms with Crippen molar-refractivity contribution >= 4 is 0 Å². The number of ether oxygens (including phenoxy) is 6. The molecule has 11 rings (SSSR count). The minimum Gasteiger partial charge on any atom is -0.508 e. The number of aromatic hydroxyl groups is 11.